The highest BCUT2D eigenvalue weighted by molar-refractivity contribution is 6.01. The summed E-state index contributed by atoms with van der Waals surface area (Å²) in [7, 11) is 5.52. The third-order valence-corrected chi connectivity index (χ3v) is 4.05. The van der Waals surface area contributed by atoms with Crippen molar-refractivity contribution in [1.82, 2.24) is 9.80 Å². The maximum Gasteiger partial charge on any atom is 0.259 e. The van der Waals surface area contributed by atoms with Gasteiger partial charge in [0.05, 0.1) is 7.11 Å². The summed E-state index contributed by atoms with van der Waals surface area (Å²) < 4.78 is 5.27. The van der Waals surface area contributed by atoms with E-state index in [4.69, 9.17) is 10.5 Å². The Morgan fingerprint density at radius 2 is 2.05 bits per heavy atom. The normalized spacial score (nSPS) is 16.9. The molecule has 20 heavy (non-hydrogen) atoms. The number of piperidine rings is 1. The zero-order valence-electron chi connectivity index (χ0n) is 12.4. The summed E-state index contributed by atoms with van der Waals surface area (Å²) >= 11 is 0. The minimum absolute atomic E-state index is 0.0606. The van der Waals surface area contributed by atoms with Gasteiger partial charge < -0.3 is 20.3 Å². The van der Waals surface area contributed by atoms with E-state index in [0.29, 0.717) is 17.0 Å². The highest BCUT2D eigenvalue weighted by atomic mass is 16.5. The molecule has 0 saturated carbocycles. The fourth-order valence-corrected chi connectivity index (χ4v) is 2.67. The molecule has 5 nitrogen and oxygen atoms in total. The molecule has 0 aliphatic carbocycles. The number of likely N-dealkylation sites (tertiary alicyclic amines) is 1. The molecule has 1 aliphatic rings. The number of nitrogens with zero attached hydrogens (tertiary/aromatic N) is 2. The lowest BCUT2D eigenvalue weighted by Crippen LogP contribution is -2.44. The minimum atomic E-state index is -0.0606. The second-order valence-corrected chi connectivity index (χ2v) is 5.38. The molecule has 1 fully saturated rings. The van der Waals surface area contributed by atoms with E-state index >= 15 is 0 Å². The van der Waals surface area contributed by atoms with E-state index in [1.54, 1.807) is 30.2 Å². The van der Waals surface area contributed by atoms with Crippen LogP contribution in [0, 0.1) is 0 Å². The first-order valence-electron chi connectivity index (χ1n) is 6.92. The SMILES string of the molecule is COc1cccc(N)c1C(=O)N(C)C1CCN(C)CC1. The van der Waals surface area contributed by atoms with E-state index in [1.807, 2.05) is 7.05 Å². The molecule has 1 aliphatic heterocycles. The summed E-state index contributed by atoms with van der Waals surface area (Å²) in [5.41, 5.74) is 6.89. The largest absolute Gasteiger partial charge is 0.496 e. The Balaban J connectivity index is 2.18. The van der Waals surface area contributed by atoms with Gasteiger partial charge in [-0.05, 0) is 45.1 Å². The van der Waals surface area contributed by atoms with E-state index in [-0.39, 0.29) is 11.9 Å². The minimum Gasteiger partial charge on any atom is -0.496 e. The quantitative estimate of drug-likeness (QED) is 0.849. The molecule has 5 heteroatoms. The van der Waals surface area contributed by atoms with Crippen molar-refractivity contribution in [2.75, 3.05) is 40.0 Å². The molecule has 110 valence electrons. The molecule has 0 bridgehead atoms. The lowest BCUT2D eigenvalue weighted by Gasteiger charge is -2.35. The Morgan fingerprint density at radius 1 is 1.40 bits per heavy atom. The predicted octanol–water partition coefficient (Wildman–Crippen LogP) is 1.44. The van der Waals surface area contributed by atoms with Crippen LogP contribution in [-0.2, 0) is 0 Å². The van der Waals surface area contributed by atoms with Gasteiger partial charge in [-0.15, -0.1) is 0 Å². The number of nitrogens with two attached hydrogens (primary N) is 1. The maximum atomic E-state index is 12.7. The molecule has 0 aromatic heterocycles. The number of ether oxygens (including phenoxy) is 1. The van der Waals surface area contributed by atoms with Gasteiger partial charge in [0.25, 0.3) is 5.91 Å². The van der Waals surface area contributed by atoms with Gasteiger partial charge in [-0.1, -0.05) is 6.07 Å². The van der Waals surface area contributed by atoms with Crippen LogP contribution < -0.4 is 10.5 Å². The standard InChI is InChI=1S/C15H23N3O2/c1-17-9-7-11(8-10-17)18(2)15(19)14-12(16)5-4-6-13(14)20-3/h4-6,11H,7-10,16H2,1-3H3. The number of carbonyl (C=O) groups is 1. The van der Waals surface area contributed by atoms with E-state index in [9.17, 15) is 4.79 Å². The number of carbonyl (C=O) groups excluding carboxylic acids is 1. The van der Waals surface area contributed by atoms with Crippen molar-refractivity contribution in [2.24, 2.45) is 0 Å². The highest BCUT2D eigenvalue weighted by Gasteiger charge is 2.27. The summed E-state index contributed by atoms with van der Waals surface area (Å²) in [6.45, 7) is 2.04. The molecule has 0 unspecified atom stereocenters. The number of hydrogen-bond acceptors (Lipinski definition) is 4. The van der Waals surface area contributed by atoms with Crippen LogP contribution in [0.5, 0.6) is 5.75 Å². The van der Waals surface area contributed by atoms with Gasteiger partial charge in [0, 0.05) is 18.8 Å². The molecule has 0 atom stereocenters. The third kappa shape index (κ3) is 2.88. The first kappa shape index (κ1) is 14.7. The molecule has 1 aromatic carbocycles. The molecule has 1 amide bonds. The lowest BCUT2D eigenvalue weighted by atomic mass is 10.0. The summed E-state index contributed by atoms with van der Waals surface area (Å²) in [6.07, 6.45) is 1.99. The van der Waals surface area contributed by atoms with Gasteiger partial charge in [0.15, 0.2) is 0 Å². The van der Waals surface area contributed by atoms with Crippen molar-refractivity contribution in [2.45, 2.75) is 18.9 Å². The van der Waals surface area contributed by atoms with Crippen molar-refractivity contribution < 1.29 is 9.53 Å². The first-order valence-corrected chi connectivity index (χ1v) is 6.92. The fourth-order valence-electron chi connectivity index (χ4n) is 2.67. The van der Waals surface area contributed by atoms with Gasteiger partial charge in [0.1, 0.15) is 11.3 Å². The van der Waals surface area contributed by atoms with Crippen LogP contribution in [0.1, 0.15) is 23.2 Å². The van der Waals surface area contributed by atoms with Crippen LogP contribution in [0.2, 0.25) is 0 Å². The Morgan fingerprint density at radius 3 is 2.65 bits per heavy atom. The van der Waals surface area contributed by atoms with Crippen molar-refractivity contribution in [1.29, 1.82) is 0 Å². The molecule has 1 saturated heterocycles. The maximum absolute atomic E-state index is 12.7. The van der Waals surface area contributed by atoms with Gasteiger partial charge in [0.2, 0.25) is 0 Å². The third-order valence-electron chi connectivity index (χ3n) is 4.05. The van der Waals surface area contributed by atoms with Crippen molar-refractivity contribution in [3.63, 3.8) is 0 Å². The highest BCUT2D eigenvalue weighted by Crippen LogP contribution is 2.27. The van der Waals surface area contributed by atoms with Crippen LogP contribution in [0.4, 0.5) is 5.69 Å². The Kier molecular flexibility index (Phi) is 4.49. The summed E-state index contributed by atoms with van der Waals surface area (Å²) in [4.78, 5) is 16.8. The Labute approximate surface area is 120 Å². The molecule has 2 rings (SSSR count). The van der Waals surface area contributed by atoms with Crippen molar-refractivity contribution >= 4 is 11.6 Å². The predicted molar refractivity (Wildman–Crippen MR) is 80.0 cm³/mol. The van der Waals surface area contributed by atoms with Gasteiger partial charge in [-0.2, -0.15) is 0 Å². The average molecular weight is 277 g/mol. The lowest BCUT2D eigenvalue weighted by molar-refractivity contribution is 0.0657. The van der Waals surface area contributed by atoms with E-state index in [1.165, 1.54) is 0 Å². The second-order valence-electron chi connectivity index (χ2n) is 5.38. The van der Waals surface area contributed by atoms with Gasteiger partial charge in [-0.25, -0.2) is 0 Å². The molecule has 2 N–H and O–H groups in total. The molecular weight excluding hydrogens is 254 g/mol. The monoisotopic (exact) mass is 277 g/mol. The molecular formula is C15H23N3O2. The number of rotatable bonds is 3. The Bertz CT molecular complexity index is 482. The number of nitrogen functional groups attached to an aromatic ring is 1. The molecule has 0 radical (unpaired) electrons. The second kappa shape index (κ2) is 6.13. The zero-order chi connectivity index (χ0) is 14.7. The van der Waals surface area contributed by atoms with Crippen LogP contribution in [0.3, 0.4) is 0 Å². The molecule has 1 aromatic rings. The summed E-state index contributed by atoms with van der Waals surface area (Å²) in [6, 6.07) is 5.56. The number of anilines is 1. The first-order chi connectivity index (χ1) is 9.54. The van der Waals surface area contributed by atoms with Crippen LogP contribution in [0.25, 0.3) is 0 Å². The van der Waals surface area contributed by atoms with E-state index in [0.717, 1.165) is 25.9 Å². The average Bonchev–Trinajstić information content (AvgIpc) is 2.46. The summed E-state index contributed by atoms with van der Waals surface area (Å²) in [5, 5.41) is 0. The van der Waals surface area contributed by atoms with E-state index in [2.05, 4.69) is 11.9 Å². The van der Waals surface area contributed by atoms with Crippen molar-refractivity contribution in [3.8, 4) is 5.75 Å². The summed E-state index contributed by atoms with van der Waals surface area (Å²) in [5.74, 6) is 0.476. The fraction of sp³-hybridized carbons (Fsp3) is 0.533. The van der Waals surface area contributed by atoms with E-state index < -0.39 is 0 Å². The smallest absolute Gasteiger partial charge is 0.259 e. The topological polar surface area (TPSA) is 58.8 Å². The molecule has 0 spiro atoms. The number of benzene rings is 1. The molecule has 1 heterocycles. The van der Waals surface area contributed by atoms with Crippen LogP contribution in [-0.4, -0.2) is 56.0 Å². The van der Waals surface area contributed by atoms with Gasteiger partial charge >= 0.3 is 0 Å². The van der Waals surface area contributed by atoms with Crippen LogP contribution >= 0.6 is 0 Å². The number of amides is 1. The van der Waals surface area contributed by atoms with Crippen molar-refractivity contribution in [3.05, 3.63) is 23.8 Å². The number of hydrogen-bond donors (Lipinski definition) is 1. The zero-order valence-corrected chi connectivity index (χ0v) is 12.4. The Hall–Kier alpha value is -1.75. The van der Waals surface area contributed by atoms with Crippen LogP contribution in [0.15, 0.2) is 18.2 Å². The van der Waals surface area contributed by atoms with Gasteiger partial charge in [-0.3, -0.25) is 4.79 Å². The number of methoxy groups -OCH3 is 1.